The molecule has 0 atom stereocenters. The molecule has 2 N–H and O–H groups in total. The highest BCUT2D eigenvalue weighted by atomic mass is 32.2. The molecule has 2 saturated heterocycles. The molecular formula is C26H32N4OS. The molecule has 6 rings (SSSR count). The van der Waals surface area contributed by atoms with Gasteiger partial charge in [-0.15, -0.1) is 0 Å². The molecule has 4 aliphatic heterocycles. The number of hydrogen-bond donors (Lipinski definition) is 2. The van der Waals surface area contributed by atoms with Crippen molar-refractivity contribution in [2.45, 2.75) is 44.8 Å². The smallest absolute Gasteiger partial charge is 0.146 e. The van der Waals surface area contributed by atoms with Crippen molar-refractivity contribution in [3.05, 3.63) is 52.7 Å². The third kappa shape index (κ3) is 3.82. The average Bonchev–Trinajstić information content (AvgIpc) is 2.98. The van der Waals surface area contributed by atoms with E-state index in [4.69, 9.17) is 9.72 Å². The average molecular weight is 449 g/mol. The van der Waals surface area contributed by atoms with E-state index >= 15 is 0 Å². The van der Waals surface area contributed by atoms with Gasteiger partial charge in [0.15, 0.2) is 0 Å². The van der Waals surface area contributed by atoms with Crippen LogP contribution in [-0.4, -0.2) is 53.6 Å². The summed E-state index contributed by atoms with van der Waals surface area (Å²) in [6.07, 6.45) is 7.90. The predicted octanol–water partition coefficient (Wildman–Crippen LogP) is 4.70. The van der Waals surface area contributed by atoms with Gasteiger partial charge in [0, 0.05) is 36.6 Å². The number of fused-ring (bicyclic) bond motifs is 2. The summed E-state index contributed by atoms with van der Waals surface area (Å²) in [6, 6.07) is 7.60. The summed E-state index contributed by atoms with van der Waals surface area (Å²) in [4.78, 5) is 7.39. The molecule has 6 heteroatoms. The Morgan fingerprint density at radius 1 is 1.19 bits per heavy atom. The van der Waals surface area contributed by atoms with Crippen molar-refractivity contribution in [3.8, 4) is 5.75 Å². The second-order valence-electron chi connectivity index (χ2n) is 9.49. The van der Waals surface area contributed by atoms with Crippen LogP contribution in [0, 0.1) is 6.92 Å². The van der Waals surface area contributed by atoms with Gasteiger partial charge >= 0.3 is 0 Å². The maximum absolute atomic E-state index is 6.40. The third-order valence-electron chi connectivity index (χ3n) is 7.55. The number of piperidine rings is 1. The minimum Gasteiger partial charge on any atom is -0.486 e. The van der Waals surface area contributed by atoms with Crippen molar-refractivity contribution in [1.82, 2.24) is 15.2 Å². The topological polar surface area (TPSA) is 49.4 Å². The molecule has 0 aliphatic carbocycles. The molecule has 0 spiro atoms. The first-order valence-corrected chi connectivity index (χ1v) is 13.2. The minimum absolute atomic E-state index is 0.566. The Morgan fingerprint density at radius 2 is 2.06 bits per heavy atom. The highest BCUT2D eigenvalue weighted by Gasteiger charge is 2.30. The molecule has 5 heterocycles. The number of likely N-dealkylation sites (tertiary alicyclic amines) is 1. The van der Waals surface area contributed by atoms with E-state index in [0.717, 1.165) is 48.6 Å². The van der Waals surface area contributed by atoms with Crippen LogP contribution in [0.5, 0.6) is 5.75 Å². The van der Waals surface area contributed by atoms with Crippen LogP contribution >= 0.6 is 11.8 Å². The molecule has 32 heavy (non-hydrogen) atoms. The Hall–Kier alpha value is -2.02. The monoisotopic (exact) mass is 448 g/mol. The zero-order valence-electron chi connectivity index (χ0n) is 18.8. The number of benzene rings is 1. The third-order valence-corrected chi connectivity index (χ3v) is 8.45. The van der Waals surface area contributed by atoms with Gasteiger partial charge < -0.3 is 15.4 Å². The van der Waals surface area contributed by atoms with Gasteiger partial charge in [0.1, 0.15) is 18.2 Å². The number of aryl methyl sites for hydroxylation is 1. The van der Waals surface area contributed by atoms with Gasteiger partial charge in [0.2, 0.25) is 0 Å². The zero-order valence-corrected chi connectivity index (χ0v) is 19.6. The highest BCUT2D eigenvalue weighted by Crippen LogP contribution is 2.42. The normalized spacial score (nSPS) is 22.0. The Kier molecular flexibility index (Phi) is 5.61. The molecule has 0 radical (unpaired) electrons. The molecule has 0 saturated carbocycles. The number of rotatable bonds is 3. The molecule has 5 nitrogen and oxygen atoms in total. The van der Waals surface area contributed by atoms with Gasteiger partial charge in [-0.25, -0.2) is 4.98 Å². The van der Waals surface area contributed by atoms with Crippen LogP contribution in [0.25, 0.3) is 5.57 Å². The summed E-state index contributed by atoms with van der Waals surface area (Å²) in [6.45, 7) is 7.49. The maximum Gasteiger partial charge on any atom is 0.146 e. The first-order chi connectivity index (χ1) is 15.8. The molecular weight excluding hydrogens is 416 g/mol. The lowest BCUT2D eigenvalue weighted by Gasteiger charge is -2.42. The number of ether oxygens (including phenoxy) is 1. The van der Waals surface area contributed by atoms with E-state index in [1.165, 1.54) is 59.5 Å². The number of nitrogens with zero attached hydrogens (tertiary/aromatic N) is 2. The summed E-state index contributed by atoms with van der Waals surface area (Å²) in [5, 5.41) is 7.07. The summed E-state index contributed by atoms with van der Waals surface area (Å²) < 4.78 is 6.40. The number of pyridine rings is 1. The van der Waals surface area contributed by atoms with Crippen LogP contribution in [0.3, 0.4) is 0 Å². The Bertz CT molecular complexity index is 1040. The highest BCUT2D eigenvalue weighted by molar-refractivity contribution is 7.99. The molecule has 0 bridgehead atoms. The minimum atomic E-state index is 0.566. The van der Waals surface area contributed by atoms with E-state index in [0.29, 0.717) is 12.5 Å². The number of anilines is 2. The Balaban J connectivity index is 1.26. The van der Waals surface area contributed by atoms with Gasteiger partial charge in [-0.2, -0.15) is 11.8 Å². The second-order valence-corrected chi connectivity index (χ2v) is 10.6. The van der Waals surface area contributed by atoms with Crippen LogP contribution in [0.1, 0.15) is 47.4 Å². The van der Waals surface area contributed by atoms with Crippen molar-refractivity contribution in [2.75, 3.05) is 43.0 Å². The lowest BCUT2D eigenvalue weighted by Crippen LogP contribution is -2.58. The zero-order chi connectivity index (χ0) is 21.5. The summed E-state index contributed by atoms with van der Waals surface area (Å²) in [5.41, 5.74) is 7.65. The fourth-order valence-electron chi connectivity index (χ4n) is 5.54. The summed E-state index contributed by atoms with van der Waals surface area (Å²) >= 11 is 2.00. The molecule has 0 amide bonds. The Morgan fingerprint density at radius 3 is 2.81 bits per heavy atom. The van der Waals surface area contributed by atoms with Gasteiger partial charge in [0.05, 0.1) is 5.69 Å². The fourth-order valence-corrected chi connectivity index (χ4v) is 6.39. The first kappa shape index (κ1) is 20.6. The molecule has 168 valence electrons. The van der Waals surface area contributed by atoms with E-state index in [9.17, 15) is 0 Å². The van der Waals surface area contributed by atoms with E-state index < -0.39 is 0 Å². The predicted molar refractivity (Wildman–Crippen MR) is 133 cm³/mol. The van der Waals surface area contributed by atoms with Gasteiger partial charge in [-0.3, -0.25) is 4.90 Å². The number of hydrogen-bond acceptors (Lipinski definition) is 6. The Labute approximate surface area is 195 Å². The van der Waals surface area contributed by atoms with Gasteiger partial charge in [-0.1, -0.05) is 12.1 Å². The fraction of sp³-hybridized carbons (Fsp3) is 0.500. The van der Waals surface area contributed by atoms with Crippen molar-refractivity contribution < 1.29 is 4.74 Å². The standard InChI is InChI=1S/C26H32N4OS/c1-17-12-20(18-3-8-30(9-4-18)21-14-27-15-21)13-24-25(17)31-16-23-22(2-7-28-26(23)29-24)19-5-10-32-11-6-19/h2,5,7,12-13,18,21,27H,3-4,6,8-11,14-16H2,1H3,(H,28,29). The van der Waals surface area contributed by atoms with Crippen LogP contribution in [0.4, 0.5) is 11.5 Å². The SMILES string of the molecule is Cc1cc(C2CCN(C3CNC3)CC2)cc2c1OCc1c(C3=CCSCC3)ccnc1N2. The summed E-state index contributed by atoms with van der Waals surface area (Å²) in [7, 11) is 0. The number of thioether (sulfide) groups is 1. The molecule has 1 aromatic heterocycles. The number of aromatic nitrogens is 1. The van der Waals surface area contributed by atoms with Crippen molar-refractivity contribution in [2.24, 2.45) is 0 Å². The van der Waals surface area contributed by atoms with Gasteiger partial charge in [0.25, 0.3) is 0 Å². The molecule has 4 aliphatic rings. The van der Waals surface area contributed by atoms with E-state index in [-0.39, 0.29) is 0 Å². The molecule has 2 fully saturated rings. The van der Waals surface area contributed by atoms with Crippen molar-refractivity contribution in [1.29, 1.82) is 0 Å². The van der Waals surface area contributed by atoms with Crippen molar-refractivity contribution >= 4 is 28.8 Å². The molecule has 2 aromatic rings. The van der Waals surface area contributed by atoms with Crippen LogP contribution in [0.2, 0.25) is 0 Å². The lowest BCUT2D eigenvalue weighted by molar-refractivity contribution is 0.113. The summed E-state index contributed by atoms with van der Waals surface area (Å²) in [5.74, 6) is 4.83. The van der Waals surface area contributed by atoms with Crippen LogP contribution in [-0.2, 0) is 6.61 Å². The molecule has 1 aromatic carbocycles. The second kappa shape index (κ2) is 8.73. The van der Waals surface area contributed by atoms with Gasteiger partial charge in [-0.05, 0) is 85.3 Å². The largest absolute Gasteiger partial charge is 0.486 e. The maximum atomic E-state index is 6.40. The molecule has 0 unspecified atom stereocenters. The van der Waals surface area contributed by atoms with E-state index in [2.05, 4.69) is 46.7 Å². The van der Waals surface area contributed by atoms with E-state index in [1.807, 2.05) is 18.0 Å². The quantitative estimate of drug-likeness (QED) is 0.710. The van der Waals surface area contributed by atoms with Crippen LogP contribution < -0.4 is 15.4 Å². The lowest BCUT2D eigenvalue weighted by atomic mass is 9.87. The van der Waals surface area contributed by atoms with E-state index in [1.54, 1.807) is 0 Å². The number of allylic oxidation sites excluding steroid dienone is 1. The number of nitrogens with one attached hydrogen (secondary N) is 2. The first-order valence-electron chi connectivity index (χ1n) is 12.0. The van der Waals surface area contributed by atoms with Crippen molar-refractivity contribution in [3.63, 3.8) is 0 Å². The van der Waals surface area contributed by atoms with Crippen LogP contribution in [0.15, 0.2) is 30.5 Å².